The molecule has 1 heterocycles. The van der Waals surface area contributed by atoms with Crippen molar-refractivity contribution in [3.8, 4) is 11.6 Å². The lowest BCUT2D eigenvalue weighted by Gasteiger charge is -2.10. The van der Waals surface area contributed by atoms with Crippen LogP contribution in [0.25, 0.3) is 0 Å². The summed E-state index contributed by atoms with van der Waals surface area (Å²) < 4.78 is 5.13. The summed E-state index contributed by atoms with van der Waals surface area (Å²) in [7, 11) is 1.56. The third-order valence-electron chi connectivity index (χ3n) is 2.48. The van der Waals surface area contributed by atoms with E-state index < -0.39 is 0 Å². The first kappa shape index (κ1) is 12.5. The fourth-order valence-corrected chi connectivity index (χ4v) is 1.77. The van der Waals surface area contributed by atoms with E-state index in [9.17, 15) is 5.11 Å². The topological polar surface area (TPSA) is 54.4 Å². The smallest absolute Gasteiger partial charge is 0.237 e. The molecule has 0 bridgehead atoms. The van der Waals surface area contributed by atoms with Crippen LogP contribution >= 0.6 is 11.6 Å². The fourth-order valence-electron chi connectivity index (χ4n) is 1.57. The Bertz CT molecular complexity index is 546. The van der Waals surface area contributed by atoms with E-state index in [-0.39, 0.29) is 5.75 Å². The summed E-state index contributed by atoms with van der Waals surface area (Å²) in [4.78, 5) is 4.08. The average molecular weight is 265 g/mol. The first-order valence-corrected chi connectivity index (χ1v) is 5.79. The zero-order valence-electron chi connectivity index (χ0n) is 9.85. The maximum absolute atomic E-state index is 9.69. The Labute approximate surface area is 110 Å². The Morgan fingerprint density at radius 2 is 2.22 bits per heavy atom. The Morgan fingerprint density at radius 1 is 1.39 bits per heavy atom. The number of phenols is 1. The second-order valence-corrected chi connectivity index (χ2v) is 4.12. The first-order chi connectivity index (χ1) is 8.70. The number of rotatable bonds is 4. The standard InChI is InChI=1S/C13H13ClN2O2/c1-18-13-11(3-2-6-15-13)16-8-9-7-10(14)4-5-12(9)17/h2-7,16-17H,8H2,1H3. The Kier molecular flexibility index (Phi) is 3.89. The number of phenolic OH excluding ortho intramolecular Hbond substituents is 1. The number of hydrogen-bond donors (Lipinski definition) is 2. The Balaban J connectivity index is 2.14. The van der Waals surface area contributed by atoms with Crippen molar-refractivity contribution >= 4 is 17.3 Å². The van der Waals surface area contributed by atoms with Gasteiger partial charge >= 0.3 is 0 Å². The molecule has 2 N–H and O–H groups in total. The zero-order chi connectivity index (χ0) is 13.0. The highest BCUT2D eigenvalue weighted by atomic mass is 35.5. The number of aromatic nitrogens is 1. The van der Waals surface area contributed by atoms with Gasteiger partial charge in [-0.05, 0) is 30.3 Å². The molecular formula is C13H13ClN2O2. The minimum absolute atomic E-state index is 0.203. The Morgan fingerprint density at radius 3 is 3.00 bits per heavy atom. The number of aromatic hydroxyl groups is 1. The van der Waals surface area contributed by atoms with Crippen LogP contribution in [-0.4, -0.2) is 17.2 Å². The molecule has 18 heavy (non-hydrogen) atoms. The van der Waals surface area contributed by atoms with Crippen molar-refractivity contribution in [3.63, 3.8) is 0 Å². The fraction of sp³-hybridized carbons (Fsp3) is 0.154. The highest BCUT2D eigenvalue weighted by molar-refractivity contribution is 6.30. The van der Waals surface area contributed by atoms with E-state index in [1.165, 1.54) is 0 Å². The third-order valence-corrected chi connectivity index (χ3v) is 2.71. The van der Waals surface area contributed by atoms with Crippen molar-refractivity contribution in [2.24, 2.45) is 0 Å². The Hall–Kier alpha value is -1.94. The second kappa shape index (κ2) is 5.60. The molecular weight excluding hydrogens is 252 g/mol. The van der Waals surface area contributed by atoms with Crippen molar-refractivity contribution in [3.05, 3.63) is 47.1 Å². The van der Waals surface area contributed by atoms with Crippen LogP contribution in [0, 0.1) is 0 Å². The normalized spacial score (nSPS) is 10.1. The summed E-state index contributed by atoms with van der Waals surface area (Å²) in [6.07, 6.45) is 1.65. The number of methoxy groups -OCH3 is 1. The van der Waals surface area contributed by atoms with Gasteiger partial charge in [0.25, 0.3) is 0 Å². The van der Waals surface area contributed by atoms with E-state index in [2.05, 4.69) is 10.3 Å². The van der Waals surface area contributed by atoms with Gasteiger partial charge in [0.05, 0.1) is 12.8 Å². The summed E-state index contributed by atoms with van der Waals surface area (Å²) in [6, 6.07) is 8.59. The average Bonchev–Trinajstić information content (AvgIpc) is 2.40. The minimum Gasteiger partial charge on any atom is -0.508 e. The van der Waals surface area contributed by atoms with Crippen LogP contribution in [-0.2, 0) is 6.54 Å². The molecule has 2 aromatic rings. The molecule has 4 nitrogen and oxygen atoms in total. The van der Waals surface area contributed by atoms with Gasteiger partial charge in [-0.1, -0.05) is 11.6 Å². The quantitative estimate of drug-likeness (QED) is 0.891. The van der Waals surface area contributed by atoms with Gasteiger partial charge in [-0.25, -0.2) is 4.98 Å². The summed E-state index contributed by atoms with van der Waals surface area (Å²) in [5.74, 6) is 0.716. The molecule has 0 spiro atoms. The monoisotopic (exact) mass is 264 g/mol. The van der Waals surface area contributed by atoms with Crippen molar-refractivity contribution in [1.29, 1.82) is 0 Å². The molecule has 1 aromatic heterocycles. The van der Waals surface area contributed by atoms with E-state index in [1.807, 2.05) is 12.1 Å². The van der Waals surface area contributed by atoms with Gasteiger partial charge in [0.2, 0.25) is 5.88 Å². The summed E-state index contributed by atoms with van der Waals surface area (Å²) in [6.45, 7) is 0.439. The molecule has 0 aliphatic heterocycles. The highest BCUT2D eigenvalue weighted by Crippen LogP contribution is 2.25. The third kappa shape index (κ3) is 2.84. The van der Waals surface area contributed by atoms with Gasteiger partial charge in [0.1, 0.15) is 5.75 Å². The number of nitrogens with zero attached hydrogens (tertiary/aromatic N) is 1. The van der Waals surface area contributed by atoms with Gasteiger partial charge in [-0.3, -0.25) is 0 Å². The lowest BCUT2D eigenvalue weighted by atomic mass is 10.2. The largest absolute Gasteiger partial charge is 0.508 e. The van der Waals surface area contributed by atoms with Crippen LogP contribution in [0.1, 0.15) is 5.56 Å². The maximum atomic E-state index is 9.69. The van der Waals surface area contributed by atoms with Crippen molar-refractivity contribution in [2.45, 2.75) is 6.54 Å². The predicted octanol–water partition coefficient (Wildman–Crippen LogP) is 3.06. The number of ether oxygens (including phenoxy) is 1. The predicted molar refractivity (Wildman–Crippen MR) is 71.2 cm³/mol. The van der Waals surface area contributed by atoms with E-state index in [0.29, 0.717) is 23.0 Å². The summed E-state index contributed by atoms with van der Waals surface area (Å²) in [5, 5.41) is 13.4. The highest BCUT2D eigenvalue weighted by Gasteiger charge is 2.05. The molecule has 0 saturated carbocycles. The molecule has 2 rings (SSSR count). The van der Waals surface area contributed by atoms with Gasteiger partial charge in [-0.2, -0.15) is 0 Å². The van der Waals surface area contributed by atoms with Gasteiger partial charge in [-0.15, -0.1) is 0 Å². The van der Waals surface area contributed by atoms with Gasteiger partial charge in [0, 0.05) is 23.3 Å². The molecule has 5 heteroatoms. The van der Waals surface area contributed by atoms with Crippen LogP contribution in [0.5, 0.6) is 11.6 Å². The van der Waals surface area contributed by atoms with Crippen LogP contribution in [0.2, 0.25) is 5.02 Å². The van der Waals surface area contributed by atoms with Crippen molar-refractivity contribution in [1.82, 2.24) is 4.98 Å². The van der Waals surface area contributed by atoms with Gasteiger partial charge < -0.3 is 15.2 Å². The molecule has 0 aliphatic carbocycles. The van der Waals surface area contributed by atoms with Crippen molar-refractivity contribution < 1.29 is 9.84 Å². The second-order valence-electron chi connectivity index (χ2n) is 3.69. The van der Waals surface area contributed by atoms with E-state index >= 15 is 0 Å². The number of anilines is 1. The molecule has 0 saturated heterocycles. The molecule has 0 unspecified atom stereocenters. The SMILES string of the molecule is COc1ncccc1NCc1cc(Cl)ccc1O. The van der Waals surface area contributed by atoms with Crippen LogP contribution in [0.15, 0.2) is 36.5 Å². The summed E-state index contributed by atoms with van der Waals surface area (Å²) in [5.41, 5.74) is 1.48. The first-order valence-electron chi connectivity index (χ1n) is 5.41. The van der Waals surface area contributed by atoms with Crippen LogP contribution in [0.3, 0.4) is 0 Å². The molecule has 0 fully saturated rings. The maximum Gasteiger partial charge on any atom is 0.237 e. The molecule has 1 aromatic carbocycles. The summed E-state index contributed by atoms with van der Waals surface area (Å²) >= 11 is 5.88. The molecule has 0 amide bonds. The molecule has 0 radical (unpaired) electrons. The molecule has 0 atom stereocenters. The number of hydrogen-bond acceptors (Lipinski definition) is 4. The number of benzene rings is 1. The van der Waals surface area contributed by atoms with Crippen LogP contribution in [0.4, 0.5) is 5.69 Å². The minimum atomic E-state index is 0.203. The molecule has 94 valence electrons. The lowest BCUT2D eigenvalue weighted by Crippen LogP contribution is -2.02. The van der Waals surface area contributed by atoms with E-state index in [0.717, 1.165) is 5.69 Å². The number of halogens is 1. The molecule has 0 aliphatic rings. The van der Waals surface area contributed by atoms with Crippen LogP contribution < -0.4 is 10.1 Å². The number of pyridine rings is 1. The van der Waals surface area contributed by atoms with E-state index in [4.69, 9.17) is 16.3 Å². The van der Waals surface area contributed by atoms with E-state index in [1.54, 1.807) is 31.5 Å². The van der Waals surface area contributed by atoms with Crippen molar-refractivity contribution in [2.75, 3.05) is 12.4 Å². The van der Waals surface area contributed by atoms with Gasteiger partial charge in [0.15, 0.2) is 0 Å². The number of nitrogens with one attached hydrogen (secondary N) is 1. The zero-order valence-corrected chi connectivity index (χ0v) is 10.6. The lowest BCUT2D eigenvalue weighted by molar-refractivity contribution is 0.399.